The first-order valence-corrected chi connectivity index (χ1v) is 7.21. The SMILES string of the molecule is CCC(c1ccccc1O)N1CCN(CC(F)(F)F)CC1. The molecule has 1 saturated heterocycles. The zero-order chi connectivity index (χ0) is 15.5. The van der Waals surface area contributed by atoms with Crippen LogP contribution in [-0.2, 0) is 0 Å². The third-order valence-electron chi connectivity index (χ3n) is 3.93. The van der Waals surface area contributed by atoms with Gasteiger partial charge in [0.2, 0.25) is 0 Å². The highest BCUT2D eigenvalue weighted by atomic mass is 19.4. The molecule has 1 atom stereocenters. The fourth-order valence-electron chi connectivity index (χ4n) is 2.93. The second-order valence-corrected chi connectivity index (χ2v) is 5.41. The Morgan fingerprint density at radius 1 is 1.14 bits per heavy atom. The van der Waals surface area contributed by atoms with Gasteiger partial charge in [-0.1, -0.05) is 25.1 Å². The lowest BCUT2D eigenvalue weighted by molar-refractivity contribution is -0.149. The van der Waals surface area contributed by atoms with E-state index in [2.05, 4.69) is 4.90 Å². The topological polar surface area (TPSA) is 26.7 Å². The number of halogens is 3. The number of nitrogens with zero attached hydrogens (tertiary/aromatic N) is 2. The third kappa shape index (κ3) is 4.35. The van der Waals surface area contributed by atoms with Gasteiger partial charge >= 0.3 is 6.18 Å². The Kier molecular flexibility index (Phi) is 5.11. The molecule has 0 amide bonds. The van der Waals surface area contributed by atoms with E-state index in [-0.39, 0.29) is 11.8 Å². The molecule has 0 bridgehead atoms. The summed E-state index contributed by atoms with van der Waals surface area (Å²) in [6, 6.07) is 7.23. The number of benzene rings is 1. The largest absolute Gasteiger partial charge is 0.508 e. The lowest BCUT2D eigenvalue weighted by atomic mass is 10.0. The van der Waals surface area contributed by atoms with Crippen molar-refractivity contribution in [3.05, 3.63) is 29.8 Å². The Morgan fingerprint density at radius 3 is 2.29 bits per heavy atom. The first-order chi connectivity index (χ1) is 9.90. The van der Waals surface area contributed by atoms with E-state index in [0.717, 1.165) is 12.0 Å². The fourth-order valence-corrected chi connectivity index (χ4v) is 2.93. The van der Waals surface area contributed by atoms with E-state index in [0.29, 0.717) is 26.2 Å². The summed E-state index contributed by atoms with van der Waals surface area (Å²) >= 11 is 0. The standard InChI is InChI=1S/C15H21F3N2O/c1-2-13(12-5-3-4-6-14(12)21)20-9-7-19(8-10-20)11-15(16,17)18/h3-6,13,21H,2,7-11H2,1H3. The fraction of sp³-hybridized carbons (Fsp3) is 0.600. The number of para-hydroxylation sites is 1. The van der Waals surface area contributed by atoms with Crippen molar-refractivity contribution in [2.24, 2.45) is 0 Å². The van der Waals surface area contributed by atoms with Crippen molar-refractivity contribution in [1.82, 2.24) is 9.80 Å². The lowest BCUT2D eigenvalue weighted by Gasteiger charge is -2.39. The number of phenols is 1. The number of hydrogen-bond acceptors (Lipinski definition) is 3. The lowest BCUT2D eigenvalue weighted by Crippen LogP contribution is -2.50. The van der Waals surface area contributed by atoms with Crippen LogP contribution in [0.1, 0.15) is 24.9 Å². The zero-order valence-electron chi connectivity index (χ0n) is 12.1. The molecule has 3 nitrogen and oxygen atoms in total. The minimum Gasteiger partial charge on any atom is -0.508 e. The van der Waals surface area contributed by atoms with Crippen LogP contribution in [-0.4, -0.2) is 53.8 Å². The van der Waals surface area contributed by atoms with Crippen LogP contribution in [0.2, 0.25) is 0 Å². The molecule has 118 valence electrons. The predicted octanol–water partition coefficient (Wildman–Crippen LogP) is 3.02. The molecule has 0 aromatic heterocycles. The van der Waals surface area contributed by atoms with E-state index in [9.17, 15) is 18.3 Å². The Morgan fingerprint density at radius 2 is 1.76 bits per heavy atom. The first kappa shape index (κ1) is 16.1. The third-order valence-corrected chi connectivity index (χ3v) is 3.93. The second kappa shape index (κ2) is 6.66. The average molecular weight is 302 g/mol. The Bertz CT molecular complexity index is 456. The van der Waals surface area contributed by atoms with E-state index >= 15 is 0 Å². The Labute approximate surface area is 123 Å². The summed E-state index contributed by atoms with van der Waals surface area (Å²) in [6.07, 6.45) is -3.32. The molecule has 0 aliphatic carbocycles. The zero-order valence-corrected chi connectivity index (χ0v) is 12.1. The number of hydrogen-bond donors (Lipinski definition) is 1. The maximum Gasteiger partial charge on any atom is 0.401 e. The summed E-state index contributed by atoms with van der Waals surface area (Å²) < 4.78 is 37.2. The highest BCUT2D eigenvalue weighted by Crippen LogP contribution is 2.31. The van der Waals surface area contributed by atoms with Crippen molar-refractivity contribution >= 4 is 0 Å². The van der Waals surface area contributed by atoms with Crippen LogP contribution in [0.25, 0.3) is 0 Å². The summed E-state index contributed by atoms with van der Waals surface area (Å²) in [5, 5.41) is 9.96. The van der Waals surface area contributed by atoms with E-state index in [4.69, 9.17) is 0 Å². The van der Waals surface area contributed by atoms with Gasteiger partial charge in [-0.2, -0.15) is 13.2 Å². The number of alkyl halides is 3. The average Bonchev–Trinajstić information content (AvgIpc) is 2.42. The molecule has 0 radical (unpaired) electrons. The van der Waals surface area contributed by atoms with Crippen LogP contribution < -0.4 is 0 Å². The Hall–Kier alpha value is -1.27. The summed E-state index contributed by atoms with van der Waals surface area (Å²) in [7, 11) is 0. The molecular formula is C15H21F3N2O. The molecule has 1 unspecified atom stereocenters. The van der Waals surface area contributed by atoms with Crippen molar-refractivity contribution < 1.29 is 18.3 Å². The molecule has 1 aromatic rings. The van der Waals surface area contributed by atoms with E-state index in [1.54, 1.807) is 12.1 Å². The van der Waals surface area contributed by atoms with Crippen LogP contribution in [0.5, 0.6) is 5.75 Å². The first-order valence-electron chi connectivity index (χ1n) is 7.21. The van der Waals surface area contributed by atoms with Crippen LogP contribution in [0.4, 0.5) is 13.2 Å². The van der Waals surface area contributed by atoms with E-state index in [1.165, 1.54) is 4.90 Å². The molecule has 1 aromatic carbocycles. The summed E-state index contributed by atoms with van der Waals surface area (Å²) in [5.74, 6) is 0.252. The highest BCUT2D eigenvalue weighted by molar-refractivity contribution is 5.34. The van der Waals surface area contributed by atoms with Gasteiger partial charge in [0, 0.05) is 37.8 Å². The van der Waals surface area contributed by atoms with Crippen molar-refractivity contribution in [2.75, 3.05) is 32.7 Å². The number of rotatable bonds is 4. The highest BCUT2D eigenvalue weighted by Gasteiger charge is 2.33. The van der Waals surface area contributed by atoms with Crippen molar-refractivity contribution in [1.29, 1.82) is 0 Å². The summed E-state index contributed by atoms with van der Waals surface area (Å²) in [5.41, 5.74) is 0.851. The summed E-state index contributed by atoms with van der Waals surface area (Å²) in [6.45, 7) is 3.17. The molecule has 1 aliphatic heterocycles. The van der Waals surface area contributed by atoms with Gasteiger partial charge in [-0.15, -0.1) is 0 Å². The van der Waals surface area contributed by atoms with Crippen LogP contribution in [0.15, 0.2) is 24.3 Å². The van der Waals surface area contributed by atoms with Crippen molar-refractivity contribution in [2.45, 2.75) is 25.6 Å². The van der Waals surface area contributed by atoms with E-state index < -0.39 is 12.7 Å². The second-order valence-electron chi connectivity index (χ2n) is 5.41. The quantitative estimate of drug-likeness (QED) is 0.926. The minimum absolute atomic E-state index is 0.0548. The Balaban J connectivity index is 1.98. The van der Waals surface area contributed by atoms with Crippen molar-refractivity contribution in [3.8, 4) is 5.75 Å². The molecule has 6 heteroatoms. The normalized spacial score (nSPS) is 19.6. The van der Waals surface area contributed by atoms with Gasteiger partial charge in [-0.05, 0) is 12.5 Å². The summed E-state index contributed by atoms with van der Waals surface area (Å²) in [4.78, 5) is 3.59. The molecule has 0 saturated carbocycles. The van der Waals surface area contributed by atoms with Crippen LogP contribution in [0, 0.1) is 0 Å². The molecular weight excluding hydrogens is 281 g/mol. The smallest absolute Gasteiger partial charge is 0.401 e. The molecule has 21 heavy (non-hydrogen) atoms. The number of phenolic OH excluding ortho intramolecular Hbond substituents is 1. The van der Waals surface area contributed by atoms with E-state index in [1.807, 2.05) is 19.1 Å². The van der Waals surface area contributed by atoms with Crippen molar-refractivity contribution in [3.63, 3.8) is 0 Å². The molecule has 1 aliphatic rings. The van der Waals surface area contributed by atoms with Crippen LogP contribution >= 0.6 is 0 Å². The van der Waals surface area contributed by atoms with Gasteiger partial charge in [0.25, 0.3) is 0 Å². The molecule has 2 rings (SSSR count). The maximum atomic E-state index is 12.4. The molecule has 0 spiro atoms. The van der Waals surface area contributed by atoms with Gasteiger partial charge in [0.15, 0.2) is 0 Å². The minimum atomic E-state index is -4.13. The monoisotopic (exact) mass is 302 g/mol. The number of aromatic hydroxyl groups is 1. The predicted molar refractivity (Wildman–Crippen MR) is 75.2 cm³/mol. The van der Waals surface area contributed by atoms with Gasteiger partial charge in [-0.3, -0.25) is 9.80 Å². The van der Waals surface area contributed by atoms with Crippen LogP contribution in [0.3, 0.4) is 0 Å². The van der Waals surface area contributed by atoms with Gasteiger partial charge < -0.3 is 5.11 Å². The molecule has 1 N–H and O–H groups in total. The van der Waals surface area contributed by atoms with Gasteiger partial charge in [-0.25, -0.2) is 0 Å². The van der Waals surface area contributed by atoms with Gasteiger partial charge in [0.05, 0.1) is 6.54 Å². The van der Waals surface area contributed by atoms with Gasteiger partial charge in [0.1, 0.15) is 5.75 Å². The number of piperazine rings is 1. The maximum absolute atomic E-state index is 12.4. The molecule has 1 heterocycles. The molecule has 1 fully saturated rings.